The summed E-state index contributed by atoms with van der Waals surface area (Å²) in [7, 11) is 3.86. The number of carbonyl (C=O) groups is 1. The van der Waals surface area contributed by atoms with Gasteiger partial charge < -0.3 is 16.0 Å². The number of nitrogens with two attached hydrogens (primary N) is 1. The van der Waals surface area contributed by atoms with Gasteiger partial charge in [0.2, 0.25) is 5.91 Å². The van der Waals surface area contributed by atoms with Crippen LogP contribution in [-0.2, 0) is 4.79 Å². The summed E-state index contributed by atoms with van der Waals surface area (Å²) in [5, 5.41) is 2.91. The molecule has 4 nitrogen and oxygen atoms in total. The van der Waals surface area contributed by atoms with Crippen molar-refractivity contribution in [3.05, 3.63) is 18.2 Å². The molecule has 0 saturated carbocycles. The molecular formula is C13H21N3O. The average molecular weight is 235 g/mol. The number of rotatable bonds is 2. The topological polar surface area (TPSA) is 58.4 Å². The highest BCUT2D eigenvalue weighted by Crippen LogP contribution is 2.28. The lowest BCUT2D eigenvalue weighted by Gasteiger charge is -2.22. The van der Waals surface area contributed by atoms with Crippen molar-refractivity contribution in [3.63, 3.8) is 0 Å². The minimum Gasteiger partial charge on any atom is -0.399 e. The molecule has 94 valence electrons. The lowest BCUT2D eigenvalue weighted by Crippen LogP contribution is -2.28. The largest absolute Gasteiger partial charge is 0.399 e. The molecule has 0 aliphatic carbocycles. The van der Waals surface area contributed by atoms with Crippen LogP contribution in [0.1, 0.15) is 20.8 Å². The Morgan fingerprint density at radius 2 is 1.88 bits per heavy atom. The van der Waals surface area contributed by atoms with E-state index in [1.165, 1.54) is 0 Å². The molecule has 17 heavy (non-hydrogen) atoms. The van der Waals surface area contributed by atoms with Gasteiger partial charge in [0.05, 0.1) is 11.4 Å². The predicted octanol–water partition coefficient (Wildman–Crippen LogP) is 2.32. The van der Waals surface area contributed by atoms with Gasteiger partial charge in [-0.3, -0.25) is 4.79 Å². The summed E-state index contributed by atoms with van der Waals surface area (Å²) in [6, 6.07) is 5.49. The van der Waals surface area contributed by atoms with Crippen molar-refractivity contribution < 1.29 is 4.79 Å². The summed E-state index contributed by atoms with van der Waals surface area (Å²) in [5.74, 6) is -0.0220. The minimum absolute atomic E-state index is 0.0220. The molecule has 1 aromatic rings. The van der Waals surface area contributed by atoms with Gasteiger partial charge in [-0.05, 0) is 18.2 Å². The predicted molar refractivity (Wildman–Crippen MR) is 73.3 cm³/mol. The smallest absolute Gasteiger partial charge is 0.229 e. The Kier molecular flexibility index (Phi) is 3.66. The second-order valence-electron chi connectivity index (χ2n) is 5.38. The van der Waals surface area contributed by atoms with Crippen molar-refractivity contribution in [2.45, 2.75) is 20.8 Å². The van der Waals surface area contributed by atoms with Gasteiger partial charge in [0.15, 0.2) is 0 Å². The van der Waals surface area contributed by atoms with Gasteiger partial charge in [-0.25, -0.2) is 0 Å². The van der Waals surface area contributed by atoms with E-state index in [1.807, 2.05) is 51.9 Å². The molecule has 1 amide bonds. The fourth-order valence-corrected chi connectivity index (χ4v) is 1.35. The van der Waals surface area contributed by atoms with E-state index in [2.05, 4.69) is 5.32 Å². The van der Waals surface area contributed by atoms with Crippen LogP contribution < -0.4 is 16.0 Å². The molecule has 0 saturated heterocycles. The Morgan fingerprint density at radius 3 is 2.35 bits per heavy atom. The van der Waals surface area contributed by atoms with Crippen LogP contribution in [-0.4, -0.2) is 20.0 Å². The molecule has 0 bridgehead atoms. The number of hydrogen-bond donors (Lipinski definition) is 2. The van der Waals surface area contributed by atoms with Crippen LogP contribution in [0, 0.1) is 5.41 Å². The van der Waals surface area contributed by atoms with Crippen molar-refractivity contribution in [1.29, 1.82) is 0 Å². The maximum absolute atomic E-state index is 11.9. The third-order valence-electron chi connectivity index (χ3n) is 2.43. The van der Waals surface area contributed by atoms with Crippen LogP contribution in [0.2, 0.25) is 0 Å². The molecule has 0 spiro atoms. The molecule has 4 heteroatoms. The summed E-state index contributed by atoms with van der Waals surface area (Å²) < 4.78 is 0. The molecule has 0 atom stereocenters. The molecule has 1 rings (SSSR count). The van der Waals surface area contributed by atoms with E-state index >= 15 is 0 Å². The summed E-state index contributed by atoms with van der Waals surface area (Å²) >= 11 is 0. The number of carbonyl (C=O) groups excluding carboxylic acids is 1. The number of hydrogen-bond acceptors (Lipinski definition) is 3. The fourth-order valence-electron chi connectivity index (χ4n) is 1.35. The highest BCUT2D eigenvalue weighted by atomic mass is 16.2. The summed E-state index contributed by atoms with van der Waals surface area (Å²) in [5.41, 5.74) is 7.65. The van der Waals surface area contributed by atoms with Crippen LogP contribution >= 0.6 is 0 Å². The third-order valence-corrected chi connectivity index (χ3v) is 2.43. The first-order chi connectivity index (χ1) is 7.71. The average Bonchev–Trinajstić information content (AvgIpc) is 2.15. The standard InChI is InChI=1S/C13H21N3O/c1-13(2,3)12(17)15-10-8-9(14)6-7-11(10)16(4)5/h6-8H,14H2,1-5H3,(H,15,17). The first-order valence-electron chi connectivity index (χ1n) is 5.60. The highest BCUT2D eigenvalue weighted by molar-refractivity contribution is 5.98. The van der Waals surface area contributed by atoms with E-state index in [4.69, 9.17) is 5.73 Å². The van der Waals surface area contributed by atoms with Crippen molar-refractivity contribution in [3.8, 4) is 0 Å². The number of anilines is 3. The number of amides is 1. The lowest BCUT2D eigenvalue weighted by atomic mass is 9.95. The second-order valence-corrected chi connectivity index (χ2v) is 5.38. The molecule has 0 aliphatic rings. The zero-order valence-electron chi connectivity index (χ0n) is 11.2. The second kappa shape index (κ2) is 4.65. The van der Waals surface area contributed by atoms with Gasteiger partial charge in [0, 0.05) is 25.2 Å². The maximum atomic E-state index is 11.9. The van der Waals surface area contributed by atoms with Gasteiger partial charge in [-0.1, -0.05) is 20.8 Å². The van der Waals surface area contributed by atoms with Gasteiger partial charge in [-0.15, -0.1) is 0 Å². The summed E-state index contributed by atoms with van der Waals surface area (Å²) in [6.45, 7) is 5.64. The van der Waals surface area contributed by atoms with E-state index in [0.29, 0.717) is 5.69 Å². The molecule has 0 heterocycles. The van der Waals surface area contributed by atoms with E-state index < -0.39 is 5.41 Å². The van der Waals surface area contributed by atoms with Gasteiger partial charge in [0.25, 0.3) is 0 Å². The van der Waals surface area contributed by atoms with Crippen molar-refractivity contribution >= 4 is 23.0 Å². The monoisotopic (exact) mass is 235 g/mol. The Labute approximate surface area is 103 Å². The van der Waals surface area contributed by atoms with Crippen molar-refractivity contribution in [1.82, 2.24) is 0 Å². The van der Waals surface area contributed by atoms with Crippen LogP contribution in [0.3, 0.4) is 0 Å². The van der Waals surface area contributed by atoms with Gasteiger partial charge in [0.1, 0.15) is 0 Å². The molecule has 0 radical (unpaired) electrons. The van der Waals surface area contributed by atoms with Crippen LogP contribution in [0.4, 0.5) is 17.1 Å². The number of benzene rings is 1. The number of nitrogens with zero attached hydrogens (tertiary/aromatic N) is 1. The van der Waals surface area contributed by atoms with E-state index in [0.717, 1.165) is 11.4 Å². The molecule has 1 aromatic carbocycles. The SMILES string of the molecule is CN(C)c1ccc(N)cc1NC(=O)C(C)(C)C. The van der Waals surface area contributed by atoms with Crippen LogP contribution in [0.15, 0.2) is 18.2 Å². The van der Waals surface area contributed by atoms with E-state index in [9.17, 15) is 4.79 Å². The van der Waals surface area contributed by atoms with E-state index in [-0.39, 0.29) is 5.91 Å². The maximum Gasteiger partial charge on any atom is 0.229 e. The highest BCUT2D eigenvalue weighted by Gasteiger charge is 2.22. The zero-order chi connectivity index (χ0) is 13.2. The lowest BCUT2D eigenvalue weighted by molar-refractivity contribution is -0.123. The molecule has 0 fully saturated rings. The van der Waals surface area contributed by atoms with Crippen LogP contribution in [0.25, 0.3) is 0 Å². The first-order valence-corrected chi connectivity index (χ1v) is 5.60. The van der Waals surface area contributed by atoms with E-state index in [1.54, 1.807) is 6.07 Å². The quantitative estimate of drug-likeness (QED) is 0.773. The van der Waals surface area contributed by atoms with Crippen LogP contribution in [0.5, 0.6) is 0 Å². The normalized spacial score (nSPS) is 11.1. The van der Waals surface area contributed by atoms with Gasteiger partial charge in [-0.2, -0.15) is 0 Å². The molecule has 0 aliphatic heterocycles. The first kappa shape index (κ1) is 13.4. The Bertz CT molecular complexity index is 419. The third kappa shape index (κ3) is 3.37. The van der Waals surface area contributed by atoms with Crippen molar-refractivity contribution in [2.75, 3.05) is 30.0 Å². The minimum atomic E-state index is -0.422. The van der Waals surface area contributed by atoms with Crippen molar-refractivity contribution in [2.24, 2.45) is 5.41 Å². The Balaban J connectivity index is 3.05. The molecule has 0 unspecified atom stereocenters. The molecule has 3 N–H and O–H groups in total. The molecule has 0 aromatic heterocycles. The number of nitrogens with one attached hydrogen (secondary N) is 1. The zero-order valence-corrected chi connectivity index (χ0v) is 11.2. The Morgan fingerprint density at radius 1 is 1.29 bits per heavy atom. The summed E-state index contributed by atoms with van der Waals surface area (Å²) in [6.07, 6.45) is 0. The number of nitrogen functional groups attached to an aromatic ring is 1. The fraction of sp³-hybridized carbons (Fsp3) is 0.462. The summed E-state index contributed by atoms with van der Waals surface area (Å²) in [4.78, 5) is 13.9. The van der Waals surface area contributed by atoms with Gasteiger partial charge >= 0.3 is 0 Å². The molecular weight excluding hydrogens is 214 g/mol. The Hall–Kier alpha value is -1.71.